The van der Waals surface area contributed by atoms with Crippen LogP contribution in [0.2, 0.25) is 0 Å². The molecular weight excluding hydrogens is 372 g/mol. The average Bonchev–Trinajstić information content (AvgIpc) is 3.35. The fourth-order valence-corrected chi connectivity index (χ4v) is 4.20. The second-order valence-corrected chi connectivity index (χ2v) is 8.31. The number of rotatable bonds is 6. The third kappa shape index (κ3) is 4.09. The molecule has 1 unspecified atom stereocenters. The molecule has 0 radical (unpaired) electrons. The fourth-order valence-electron chi connectivity index (χ4n) is 3.33. The monoisotopic (exact) mass is 394 g/mol. The summed E-state index contributed by atoms with van der Waals surface area (Å²) in [5.74, 6) is 0.476. The first-order valence-electron chi connectivity index (χ1n) is 9.43. The van der Waals surface area contributed by atoms with Crippen molar-refractivity contribution in [3.8, 4) is 11.5 Å². The van der Waals surface area contributed by atoms with Crippen LogP contribution in [0.3, 0.4) is 0 Å². The zero-order chi connectivity index (χ0) is 19.5. The molecule has 2 aromatic heterocycles. The maximum absolute atomic E-state index is 12.9. The minimum absolute atomic E-state index is 0.0541. The predicted molar refractivity (Wildman–Crippen MR) is 109 cm³/mol. The molecule has 0 fully saturated rings. The number of hydrogen-bond acceptors (Lipinski definition) is 6. The molecule has 4 rings (SSSR count). The van der Waals surface area contributed by atoms with Gasteiger partial charge in [0.15, 0.2) is 0 Å². The summed E-state index contributed by atoms with van der Waals surface area (Å²) in [6.07, 6.45) is 6.75. The second kappa shape index (κ2) is 8.14. The summed E-state index contributed by atoms with van der Waals surface area (Å²) in [4.78, 5) is 16.9. The van der Waals surface area contributed by atoms with Crippen molar-refractivity contribution >= 4 is 23.4 Å². The van der Waals surface area contributed by atoms with E-state index in [1.54, 1.807) is 12.4 Å². The van der Waals surface area contributed by atoms with E-state index in [0.717, 1.165) is 24.1 Å². The van der Waals surface area contributed by atoms with Crippen molar-refractivity contribution in [2.24, 2.45) is 5.92 Å². The van der Waals surface area contributed by atoms with Gasteiger partial charge in [0.25, 0.3) is 5.22 Å². The van der Waals surface area contributed by atoms with E-state index in [9.17, 15) is 4.79 Å². The topological polar surface area (TPSA) is 80.9 Å². The normalized spacial score (nSPS) is 14.1. The van der Waals surface area contributed by atoms with Gasteiger partial charge in [-0.2, -0.15) is 0 Å². The van der Waals surface area contributed by atoms with Crippen LogP contribution in [-0.2, 0) is 17.6 Å². The second-order valence-electron chi connectivity index (χ2n) is 7.22. The lowest BCUT2D eigenvalue weighted by Crippen LogP contribution is -2.29. The van der Waals surface area contributed by atoms with E-state index >= 15 is 0 Å². The van der Waals surface area contributed by atoms with Crippen molar-refractivity contribution in [2.45, 2.75) is 43.6 Å². The summed E-state index contributed by atoms with van der Waals surface area (Å²) in [6.45, 7) is 4.03. The summed E-state index contributed by atoms with van der Waals surface area (Å²) in [5, 5.41) is 11.3. The Hall–Kier alpha value is -2.67. The average molecular weight is 395 g/mol. The van der Waals surface area contributed by atoms with Gasteiger partial charge in [-0.25, -0.2) is 0 Å². The molecule has 0 spiro atoms. The first-order valence-corrected chi connectivity index (χ1v) is 10.3. The summed E-state index contributed by atoms with van der Waals surface area (Å²) < 4.78 is 5.74. The minimum atomic E-state index is -0.334. The van der Waals surface area contributed by atoms with Crippen LogP contribution < -0.4 is 5.32 Å². The lowest BCUT2D eigenvalue weighted by Gasteiger charge is -2.18. The van der Waals surface area contributed by atoms with Crippen LogP contribution in [-0.4, -0.2) is 26.3 Å². The molecular formula is C21H22N4O2S. The molecule has 2 heterocycles. The van der Waals surface area contributed by atoms with Gasteiger partial charge in [-0.05, 0) is 60.6 Å². The number of amides is 1. The Bertz CT molecular complexity index is 972. The molecule has 1 aliphatic carbocycles. The number of benzene rings is 1. The Morgan fingerprint density at radius 2 is 1.89 bits per heavy atom. The highest BCUT2D eigenvalue weighted by molar-refractivity contribution is 8.00. The van der Waals surface area contributed by atoms with Gasteiger partial charge in [0.05, 0.1) is 5.25 Å². The van der Waals surface area contributed by atoms with E-state index in [4.69, 9.17) is 4.42 Å². The van der Waals surface area contributed by atoms with Gasteiger partial charge in [-0.1, -0.05) is 31.7 Å². The number of aryl methyl sites for hydroxylation is 2. The molecule has 1 atom stereocenters. The molecule has 0 saturated carbocycles. The van der Waals surface area contributed by atoms with Crippen molar-refractivity contribution in [2.75, 3.05) is 5.32 Å². The number of pyridine rings is 1. The minimum Gasteiger partial charge on any atom is -0.411 e. The Kier molecular flexibility index (Phi) is 5.43. The van der Waals surface area contributed by atoms with Gasteiger partial charge >= 0.3 is 0 Å². The number of aromatic nitrogens is 3. The number of nitrogens with zero attached hydrogens (tertiary/aromatic N) is 3. The van der Waals surface area contributed by atoms with Crippen LogP contribution >= 0.6 is 11.8 Å². The maximum atomic E-state index is 12.9. The van der Waals surface area contributed by atoms with Gasteiger partial charge in [-0.3, -0.25) is 9.78 Å². The predicted octanol–water partition coefficient (Wildman–Crippen LogP) is 4.38. The summed E-state index contributed by atoms with van der Waals surface area (Å²) >= 11 is 1.30. The molecule has 1 aliphatic rings. The zero-order valence-corrected chi connectivity index (χ0v) is 16.7. The SMILES string of the molecule is CC(C)C(Sc1nnc(-c2ccncc2)o1)C(=O)Nc1ccc2c(c1)CCC2. The van der Waals surface area contributed by atoms with Crippen molar-refractivity contribution in [1.29, 1.82) is 0 Å². The largest absolute Gasteiger partial charge is 0.411 e. The van der Waals surface area contributed by atoms with E-state index < -0.39 is 0 Å². The summed E-state index contributed by atoms with van der Waals surface area (Å²) in [7, 11) is 0. The van der Waals surface area contributed by atoms with Gasteiger partial charge in [0, 0.05) is 23.6 Å². The van der Waals surface area contributed by atoms with Gasteiger partial charge in [0.2, 0.25) is 11.8 Å². The van der Waals surface area contributed by atoms with Crippen LogP contribution in [0.5, 0.6) is 0 Å². The molecule has 1 aromatic carbocycles. The maximum Gasteiger partial charge on any atom is 0.277 e. The third-order valence-electron chi connectivity index (χ3n) is 4.79. The molecule has 28 heavy (non-hydrogen) atoms. The molecule has 0 bridgehead atoms. The van der Waals surface area contributed by atoms with Crippen LogP contribution in [0.15, 0.2) is 52.4 Å². The Morgan fingerprint density at radius 3 is 2.68 bits per heavy atom. The highest BCUT2D eigenvalue weighted by Gasteiger charge is 2.27. The van der Waals surface area contributed by atoms with E-state index in [1.807, 2.05) is 32.0 Å². The molecule has 7 heteroatoms. The van der Waals surface area contributed by atoms with Gasteiger partial charge in [-0.15, -0.1) is 10.2 Å². The lowest BCUT2D eigenvalue weighted by atomic mass is 10.1. The van der Waals surface area contributed by atoms with Gasteiger partial charge < -0.3 is 9.73 Å². The van der Waals surface area contributed by atoms with Crippen LogP contribution in [0.4, 0.5) is 5.69 Å². The highest BCUT2D eigenvalue weighted by Crippen LogP contribution is 2.31. The number of carbonyl (C=O) groups is 1. The number of carbonyl (C=O) groups excluding carboxylic acids is 1. The van der Waals surface area contributed by atoms with Crippen molar-refractivity contribution in [3.05, 3.63) is 53.9 Å². The first-order chi connectivity index (χ1) is 13.6. The van der Waals surface area contributed by atoms with Crippen LogP contribution in [0, 0.1) is 5.92 Å². The molecule has 1 N–H and O–H groups in total. The van der Waals surface area contributed by atoms with E-state index in [-0.39, 0.29) is 17.1 Å². The molecule has 6 nitrogen and oxygen atoms in total. The summed E-state index contributed by atoms with van der Waals surface area (Å²) in [5.41, 5.74) is 4.38. The first kappa shape index (κ1) is 18.7. The summed E-state index contributed by atoms with van der Waals surface area (Å²) in [6, 6.07) is 9.81. The molecule has 0 aliphatic heterocycles. The van der Waals surface area contributed by atoms with E-state index in [0.29, 0.717) is 11.1 Å². The number of thioether (sulfide) groups is 1. The molecule has 3 aromatic rings. The fraction of sp³-hybridized carbons (Fsp3) is 0.333. The van der Waals surface area contributed by atoms with Crippen LogP contribution in [0.25, 0.3) is 11.5 Å². The molecule has 144 valence electrons. The molecule has 1 amide bonds. The van der Waals surface area contributed by atoms with Crippen molar-refractivity contribution in [1.82, 2.24) is 15.2 Å². The quantitative estimate of drug-likeness (QED) is 0.625. The third-order valence-corrected chi connectivity index (χ3v) is 6.17. The zero-order valence-electron chi connectivity index (χ0n) is 15.9. The van der Waals surface area contributed by atoms with E-state index in [1.165, 1.54) is 29.3 Å². The number of nitrogens with one attached hydrogen (secondary N) is 1. The van der Waals surface area contributed by atoms with E-state index in [2.05, 4.69) is 32.6 Å². The van der Waals surface area contributed by atoms with Gasteiger partial charge in [0.1, 0.15) is 0 Å². The Morgan fingerprint density at radius 1 is 1.11 bits per heavy atom. The number of hydrogen-bond donors (Lipinski definition) is 1. The Labute approximate surface area is 168 Å². The van der Waals surface area contributed by atoms with Crippen molar-refractivity contribution < 1.29 is 9.21 Å². The highest BCUT2D eigenvalue weighted by atomic mass is 32.2. The number of fused-ring (bicyclic) bond motifs is 1. The smallest absolute Gasteiger partial charge is 0.277 e. The van der Waals surface area contributed by atoms with Crippen molar-refractivity contribution in [3.63, 3.8) is 0 Å². The standard InChI is InChI=1S/C21H22N4O2S/c1-13(2)18(19(26)23-17-7-6-14-4-3-5-16(14)12-17)28-21-25-24-20(27-21)15-8-10-22-11-9-15/h6-13,18H,3-5H2,1-2H3,(H,23,26). The Balaban J connectivity index is 1.47. The molecule has 0 saturated heterocycles. The lowest BCUT2D eigenvalue weighted by molar-refractivity contribution is -0.116. The number of anilines is 1. The van der Waals surface area contributed by atoms with Crippen LogP contribution in [0.1, 0.15) is 31.4 Å².